The van der Waals surface area contributed by atoms with Gasteiger partial charge in [-0.3, -0.25) is 4.79 Å². The predicted molar refractivity (Wildman–Crippen MR) is 90.4 cm³/mol. The first-order valence-corrected chi connectivity index (χ1v) is 8.58. The van der Waals surface area contributed by atoms with E-state index in [1.807, 2.05) is 18.2 Å². The van der Waals surface area contributed by atoms with Crippen molar-refractivity contribution >= 4 is 39.7 Å². The maximum Gasteiger partial charge on any atom is 0.389 e. The van der Waals surface area contributed by atoms with Gasteiger partial charge in [0.05, 0.1) is 10.5 Å². The molecule has 0 aliphatic carbocycles. The lowest BCUT2D eigenvalue weighted by Crippen LogP contribution is -2.39. The minimum Gasteiger partial charge on any atom is -0.327 e. The molecule has 1 amide bonds. The standard InChI is InChI=1S/C15H14F3IN4O/c16-15(17,18)5-3-13(24)22-7-4-10(8-12(22)19)11-2-1-6-23-14(11)20-9-21-23/h1-2,4,6,9,12H,3,5,7-8H2. The van der Waals surface area contributed by atoms with Crippen molar-refractivity contribution in [2.45, 2.75) is 29.5 Å². The molecule has 5 nitrogen and oxygen atoms in total. The fraction of sp³-hybridized carbons (Fsp3) is 0.400. The number of nitrogens with zero attached hydrogens (tertiary/aromatic N) is 4. The molecule has 24 heavy (non-hydrogen) atoms. The summed E-state index contributed by atoms with van der Waals surface area (Å²) < 4.78 is 38.3. The Morgan fingerprint density at radius 3 is 2.92 bits per heavy atom. The summed E-state index contributed by atoms with van der Waals surface area (Å²) in [7, 11) is 0. The largest absolute Gasteiger partial charge is 0.389 e. The average molecular weight is 450 g/mol. The average Bonchev–Trinajstić information content (AvgIpc) is 3.00. The van der Waals surface area contributed by atoms with Crippen LogP contribution in [-0.2, 0) is 4.79 Å². The number of alkyl halides is 4. The Morgan fingerprint density at radius 1 is 1.42 bits per heavy atom. The van der Waals surface area contributed by atoms with Crippen molar-refractivity contribution in [3.05, 3.63) is 36.3 Å². The van der Waals surface area contributed by atoms with E-state index in [2.05, 4.69) is 32.7 Å². The molecule has 1 atom stereocenters. The highest BCUT2D eigenvalue weighted by atomic mass is 127. The summed E-state index contributed by atoms with van der Waals surface area (Å²) in [6, 6.07) is 3.79. The molecule has 3 rings (SSSR count). The lowest BCUT2D eigenvalue weighted by Gasteiger charge is -2.32. The normalized spacial score (nSPS) is 18.8. The molecule has 2 aromatic rings. The molecule has 128 valence electrons. The molecule has 0 saturated carbocycles. The molecule has 0 aromatic carbocycles. The third kappa shape index (κ3) is 3.70. The van der Waals surface area contributed by atoms with Crippen LogP contribution in [-0.4, -0.2) is 42.2 Å². The number of rotatable bonds is 3. The zero-order valence-corrected chi connectivity index (χ0v) is 14.7. The summed E-state index contributed by atoms with van der Waals surface area (Å²) >= 11 is 2.10. The van der Waals surface area contributed by atoms with Gasteiger partial charge in [-0.25, -0.2) is 9.50 Å². The molecule has 0 spiro atoms. The van der Waals surface area contributed by atoms with Gasteiger partial charge in [-0.1, -0.05) is 28.7 Å². The molecular weight excluding hydrogens is 436 g/mol. The van der Waals surface area contributed by atoms with Gasteiger partial charge in [-0.2, -0.15) is 18.3 Å². The van der Waals surface area contributed by atoms with Crippen LogP contribution in [0.25, 0.3) is 11.2 Å². The van der Waals surface area contributed by atoms with E-state index in [4.69, 9.17) is 0 Å². The van der Waals surface area contributed by atoms with E-state index in [1.165, 1.54) is 11.2 Å². The number of fused-ring (bicyclic) bond motifs is 1. The van der Waals surface area contributed by atoms with Crippen molar-refractivity contribution in [3.8, 4) is 0 Å². The highest BCUT2D eigenvalue weighted by molar-refractivity contribution is 14.1. The fourth-order valence-electron chi connectivity index (χ4n) is 2.67. The molecule has 1 aliphatic heterocycles. The van der Waals surface area contributed by atoms with Crippen LogP contribution in [0.3, 0.4) is 0 Å². The van der Waals surface area contributed by atoms with Gasteiger partial charge in [0.2, 0.25) is 5.91 Å². The summed E-state index contributed by atoms with van der Waals surface area (Å²) in [5.41, 5.74) is 2.68. The van der Waals surface area contributed by atoms with Gasteiger partial charge >= 0.3 is 6.18 Å². The summed E-state index contributed by atoms with van der Waals surface area (Å²) in [5.74, 6) is -0.470. The third-order valence-electron chi connectivity index (χ3n) is 3.85. The predicted octanol–water partition coefficient (Wildman–Crippen LogP) is 3.45. The van der Waals surface area contributed by atoms with Crippen LogP contribution in [0, 0.1) is 0 Å². The number of hydrogen-bond acceptors (Lipinski definition) is 3. The van der Waals surface area contributed by atoms with Gasteiger partial charge in [0.25, 0.3) is 0 Å². The Balaban J connectivity index is 1.75. The second-order valence-corrected chi connectivity index (χ2v) is 6.92. The van der Waals surface area contributed by atoms with Gasteiger partial charge in [-0.05, 0) is 17.7 Å². The second-order valence-electron chi connectivity index (χ2n) is 5.48. The maximum atomic E-state index is 12.3. The topological polar surface area (TPSA) is 50.5 Å². The van der Waals surface area contributed by atoms with Gasteiger partial charge < -0.3 is 4.90 Å². The highest BCUT2D eigenvalue weighted by Gasteiger charge is 2.32. The smallest absolute Gasteiger partial charge is 0.327 e. The van der Waals surface area contributed by atoms with Crippen molar-refractivity contribution in [1.82, 2.24) is 19.5 Å². The van der Waals surface area contributed by atoms with Gasteiger partial charge in [-0.15, -0.1) is 0 Å². The summed E-state index contributed by atoms with van der Waals surface area (Å²) in [4.78, 5) is 17.8. The van der Waals surface area contributed by atoms with Crippen molar-refractivity contribution in [2.75, 3.05) is 6.54 Å². The van der Waals surface area contributed by atoms with Crippen molar-refractivity contribution in [3.63, 3.8) is 0 Å². The number of pyridine rings is 1. The SMILES string of the molecule is O=C(CCC(F)(F)F)N1CC=C(c2cccn3ncnc23)CC1I. The molecule has 9 heteroatoms. The van der Waals surface area contributed by atoms with Crippen LogP contribution >= 0.6 is 22.6 Å². The molecule has 0 bridgehead atoms. The molecule has 2 aromatic heterocycles. The van der Waals surface area contributed by atoms with Crippen molar-refractivity contribution < 1.29 is 18.0 Å². The summed E-state index contributed by atoms with van der Waals surface area (Å²) in [6.45, 7) is 0.300. The van der Waals surface area contributed by atoms with Crippen molar-refractivity contribution in [1.29, 1.82) is 0 Å². The molecule has 0 radical (unpaired) electrons. The van der Waals surface area contributed by atoms with Crippen LogP contribution in [0.2, 0.25) is 0 Å². The van der Waals surface area contributed by atoms with Crippen LogP contribution in [0.1, 0.15) is 24.8 Å². The Hall–Kier alpha value is -1.65. The zero-order chi connectivity index (χ0) is 17.3. The number of halogens is 4. The lowest BCUT2D eigenvalue weighted by atomic mass is 10.00. The minimum absolute atomic E-state index is 0.188. The molecule has 0 saturated heterocycles. The van der Waals surface area contributed by atoms with E-state index >= 15 is 0 Å². The van der Waals surface area contributed by atoms with E-state index in [1.54, 1.807) is 10.7 Å². The van der Waals surface area contributed by atoms with Crippen LogP contribution < -0.4 is 0 Å². The number of aromatic nitrogens is 3. The molecule has 0 fully saturated rings. The molecule has 3 heterocycles. The highest BCUT2D eigenvalue weighted by Crippen LogP contribution is 2.32. The third-order valence-corrected chi connectivity index (χ3v) is 4.97. The Labute approximate surface area is 149 Å². The molecular formula is C15H14F3IN4O. The zero-order valence-electron chi connectivity index (χ0n) is 12.5. The van der Waals surface area contributed by atoms with Crippen LogP contribution in [0.15, 0.2) is 30.7 Å². The first-order valence-electron chi connectivity index (χ1n) is 7.33. The van der Waals surface area contributed by atoms with E-state index in [-0.39, 0.29) is 4.05 Å². The first kappa shape index (κ1) is 17.2. The monoisotopic (exact) mass is 450 g/mol. The van der Waals surface area contributed by atoms with Crippen LogP contribution in [0.4, 0.5) is 13.2 Å². The van der Waals surface area contributed by atoms with E-state index in [0.29, 0.717) is 13.0 Å². The van der Waals surface area contributed by atoms with Gasteiger partial charge in [0, 0.05) is 31.1 Å². The number of carbonyl (C=O) groups is 1. The number of amides is 1. The van der Waals surface area contributed by atoms with E-state index in [0.717, 1.165) is 16.8 Å². The molecule has 0 N–H and O–H groups in total. The second kappa shape index (κ2) is 6.69. The summed E-state index contributed by atoms with van der Waals surface area (Å²) in [6.07, 6.45) is -0.195. The van der Waals surface area contributed by atoms with Gasteiger partial charge in [0.15, 0.2) is 5.65 Å². The number of carbonyl (C=O) groups excluding carboxylic acids is 1. The molecule has 1 aliphatic rings. The van der Waals surface area contributed by atoms with Crippen LogP contribution in [0.5, 0.6) is 0 Å². The number of hydrogen-bond donors (Lipinski definition) is 0. The summed E-state index contributed by atoms with van der Waals surface area (Å²) in [5, 5.41) is 4.09. The van der Waals surface area contributed by atoms with Crippen molar-refractivity contribution in [2.24, 2.45) is 0 Å². The molecule has 1 unspecified atom stereocenters. The Kier molecular flexibility index (Phi) is 4.79. The lowest BCUT2D eigenvalue weighted by molar-refractivity contribution is -0.149. The Bertz CT molecular complexity index is 786. The van der Waals surface area contributed by atoms with Gasteiger partial charge in [0.1, 0.15) is 6.33 Å². The van der Waals surface area contributed by atoms with E-state index < -0.39 is 24.9 Å². The quantitative estimate of drug-likeness (QED) is 0.409. The van der Waals surface area contributed by atoms with E-state index in [9.17, 15) is 18.0 Å². The Morgan fingerprint density at radius 2 is 2.21 bits per heavy atom. The fourth-order valence-corrected chi connectivity index (χ4v) is 3.68. The maximum absolute atomic E-state index is 12.3. The first-order chi connectivity index (χ1) is 11.3. The minimum atomic E-state index is -4.31.